The van der Waals surface area contributed by atoms with Gasteiger partial charge in [-0.25, -0.2) is 9.97 Å². The van der Waals surface area contributed by atoms with Gasteiger partial charge in [-0.3, -0.25) is 9.89 Å². The van der Waals surface area contributed by atoms with Crippen molar-refractivity contribution in [3.05, 3.63) is 54.7 Å². The Hall–Kier alpha value is -3.86. The molecule has 1 aliphatic heterocycles. The van der Waals surface area contributed by atoms with Gasteiger partial charge in [-0.1, -0.05) is 24.3 Å². The molecule has 0 radical (unpaired) electrons. The first-order valence-corrected chi connectivity index (χ1v) is 13.0. The van der Waals surface area contributed by atoms with Crippen LogP contribution in [0.4, 0.5) is 11.5 Å². The number of fused-ring (bicyclic) bond motifs is 2. The first-order chi connectivity index (χ1) is 17.9. The summed E-state index contributed by atoms with van der Waals surface area (Å²) in [6.45, 7) is 6.23. The lowest BCUT2D eigenvalue weighted by atomic mass is 10.1. The van der Waals surface area contributed by atoms with Crippen molar-refractivity contribution in [2.24, 2.45) is 5.73 Å². The number of anilines is 2. The van der Waals surface area contributed by atoms with Crippen LogP contribution in [0.25, 0.3) is 42.9 Å². The quantitative estimate of drug-likeness (QED) is 0.318. The monoisotopic (exact) mass is 513 g/mol. The fraction of sp³-hybridized carbons (Fsp3) is 0.259. The Labute approximate surface area is 217 Å². The number of rotatable bonds is 5. The van der Waals surface area contributed by atoms with Crippen LogP contribution < -0.4 is 16.0 Å². The average molecular weight is 514 g/mol. The van der Waals surface area contributed by atoms with Gasteiger partial charge in [-0.05, 0) is 43.7 Å². The Morgan fingerprint density at radius 2 is 1.95 bits per heavy atom. The van der Waals surface area contributed by atoms with Crippen molar-refractivity contribution < 1.29 is 9.53 Å². The second-order valence-electron chi connectivity index (χ2n) is 9.69. The van der Waals surface area contributed by atoms with Crippen LogP contribution in [-0.2, 0) is 9.53 Å². The number of ether oxygens (including phenoxy) is 1. The lowest BCUT2D eigenvalue weighted by molar-refractivity contribution is -0.120. The number of carbonyl (C=O) groups is 1. The van der Waals surface area contributed by atoms with Crippen LogP contribution in [0.15, 0.2) is 54.7 Å². The van der Waals surface area contributed by atoms with Gasteiger partial charge in [0, 0.05) is 34.6 Å². The summed E-state index contributed by atoms with van der Waals surface area (Å²) in [6, 6.07) is 15.9. The molecule has 5 aromatic rings. The van der Waals surface area contributed by atoms with Gasteiger partial charge in [0.2, 0.25) is 5.91 Å². The highest BCUT2D eigenvalue weighted by atomic mass is 32.1. The molecule has 1 amide bonds. The van der Waals surface area contributed by atoms with Crippen molar-refractivity contribution >= 4 is 49.9 Å². The fourth-order valence-electron chi connectivity index (χ4n) is 4.37. The maximum absolute atomic E-state index is 12.4. The van der Waals surface area contributed by atoms with E-state index in [0.717, 1.165) is 56.0 Å². The summed E-state index contributed by atoms with van der Waals surface area (Å²) in [6.07, 6.45) is 1.81. The normalized spacial score (nSPS) is 14.4. The van der Waals surface area contributed by atoms with Gasteiger partial charge in [0.25, 0.3) is 0 Å². The molecular weight excluding hydrogens is 486 g/mol. The maximum Gasteiger partial charge on any atom is 0.243 e. The smallest absolute Gasteiger partial charge is 0.243 e. The number of nitrogens with zero attached hydrogens (tertiary/aromatic N) is 4. The number of H-pyrrole nitrogens is 1. The Kier molecular flexibility index (Phi) is 5.86. The Morgan fingerprint density at radius 1 is 1.14 bits per heavy atom. The van der Waals surface area contributed by atoms with E-state index < -0.39 is 5.54 Å². The Bertz CT molecular complexity index is 1610. The first kappa shape index (κ1) is 23.5. The number of aromatic amines is 1. The summed E-state index contributed by atoms with van der Waals surface area (Å²) in [5, 5.41) is 11.1. The number of carbonyl (C=O) groups excluding carboxylic acids is 1. The molecular formula is C27H27N7O2S. The number of nitrogens with one attached hydrogen (secondary N) is 2. The number of hydrogen-bond acceptors (Lipinski definition) is 8. The number of aromatic nitrogens is 4. The van der Waals surface area contributed by atoms with E-state index in [4.69, 9.17) is 20.4 Å². The summed E-state index contributed by atoms with van der Waals surface area (Å²) in [5.74, 6) is 1.34. The Balaban J connectivity index is 1.46. The number of amides is 1. The average Bonchev–Trinajstić information content (AvgIpc) is 3.55. The molecule has 9 nitrogen and oxygen atoms in total. The second kappa shape index (κ2) is 9.22. The van der Waals surface area contributed by atoms with Gasteiger partial charge in [0.15, 0.2) is 11.6 Å². The molecule has 188 valence electrons. The zero-order chi connectivity index (χ0) is 25.6. The minimum Gasteiger partial charge on any atom is -0.378 e. The SMILES string of the molecule is CC(C)(N)C(=O)Nc1cccc(-c2cc3nc(-c4cccc5[nH]ncc45)nc(N4CCOCC4)c3s2)c1. The van der Waals surface area contributed by atoms with Crippen LogP contribution in [0.5, 0.6) is 0 Å². The molecule has 2 aromatic carbocycles. The molecule has 6 rings (SSSR count). The summed E-state index contributed by atoms with van der Waals surface area (Å²) in [4.78, 5) is 25.8. The molecule has 37 heavy (non-hydrogen) atoms. The highest BCUT2D eigenvalue weighted by Gasteiger charge is 2.23. The van der Waals surface area contributed by atoms with Crippen molar-refractivity contribution in [2.75, 3.05) is 36.5 Å². The fourth-order valence-corrected chi connectivity index (χ4v) is 5.48. The van der Waals surface area contributed by atoms with E-state index in [9.17, 15) is 4.79 Å². The molecule has 0 atom stereocenters. The number of hydrogen-bond donors (Lipinski definition) is 3. The van der Waals surface area contributed by atoms with Gasteiger partial charge >= 0.3 is 0 Å². The number of nitrogens with two attached hydrogens (primary N) is 1. The minimum atomic E-state index is -0.968. The summed E-state index contributed by atoms with van der Waals surface area (Å²) < 4.78 is 6.63. The highest BCUT2D eigenvalue weighted by molar-refractivity contribution is 7.22. The van der Waals surface area contributed by atoms with E-state index >= 15 is 0 Å². The van der Waals surface area contributed by atoms with Gasteiger partial charge < -0.3 is 20.7 Å². The zero-order valence-electron chi connectivity index (χ0n) is 20.6. The summed E-state index contributed by atoms with van der Waals surface area (Å²) in [7, 11) is 0. The van der Waals surface area contributed by atoms with Gasteiger partial charge in [-0.2, -0.15) is 5.10 Å². The zero-order valence-corrected chi connectivity index (χ0v) is 21.4. The third-order valence-corrected chi connectivity index (χ3v) is 7.55. The van der Waals surface area contributed by atoms with E-state index in [1.54, 1.807) is 25.2 Å². The van der Waals surface area contributed by atoms with Crippen LogP contribution >= 0.6 is 11.3 Å². The molecule has 0 unspecified atom stereocenters. The van der Waals surface area contributed by atoms with E-state index in [1.807, 2.05) is 48.7 Å². The molecule has 3 aromatic heterocycles. The number of thiophene rings is 1. The van der Waals surface area contributed by atoms with Crippen molar-refractivity contribution in [3.8, 4) is 21.8 Å². The first-order valence-electron chi connectivity index (χ1n) is 12.1. The van der Waals surface area contributed by atoms with Gasteiger partial charge in [0.05, 0.1) is 40.7 Å². The van der Waals surface area contributed by atoms with E-state index in [0.29, 0.717) is 24.7 Å². The molecule has 1 saturated heterocycles. The van der Waals surface area contributed by atoms with Crippen molar-refractivity contribution in [1.29, 1.82) is 0 Å². The van der Waals surface area contributed by atoms with Crippen molar-refractivity contribution in [3.63, 3.8) is 0 Å². The highest BCUT2D eigenvalue weighted by Crippen LogP contribution is 2.40. The van der Waals surface area contributed by atoms with Gasteiger partial charge in [-0.15, -0.1) is 11.3 Å². The van der Waals surface area contributed by atoms with Crippen LogP contribution in [0.1, 0.15) is 13.8 Å². The van der Waals surface area contributed by atoms with Gasteiger partial charge in [0.1, 0.15) is 0 Å². The standard InChI is InChI=1S/C27H27N7O2S/c1-27(2,28)26(35)30-17-6-3-5-16(13-17)22-14-21-23(37-22)25(34-9-11-36-12-10-34)32-24(31-21)18-7-4-8-20-19(18)15-29-33-20/h3-8,13-15H,9-12,28H2,1-2H3,(H,29,33)(H,30,35). The molecule has 0 aliphatic carbocycles. The van der Waals surface area contributed by atoms with E-state index in [-0.39, 0.29) is 5.91 Å². The molecule has 0 spiro atoms. The molecule has 4 heterocycles. The molecule has 0 bridgehead atoms. The van der Waals surface area contributed by atoms with Crippen molar-refractivity contribution in [2.45, 2.75) is 19.4 Å². The molecule has 10 heteroatoms. The lowest BCUT2D eigenvalue weighted by Crippen LogP contribution is -2.45. The topological polar surface area (TPSA) is 122 Å². The maximum atomic E-state index is 12.4. The van der Waals surface area contributed by atoms with Crippen LogP contribution in [0.3, 0.4) is 0 Å². The van der Waals surface area contributed by atoms with Crippen LogP contribution in [0.2, 0.25) is 0 Å². The third kappa shape index (κ3) is 4.55. The lowest BCUT2D eigenvalue weighted by Gasteiger charge is -2.28. The largest absolute Gasteiger partial charge is 0.378 e. The predicted octanol–water partition coefficient (Wildman–Crippen LogP) is 4.41. The molecule has 1 fully saturated rings. The van der Waals surface area contributed by atoms with Crippen LogP contribution in [-0.4, -0.2) is 57.9 Å². The molecule has 0 saturated carbocycles. The Morgan fingerprint density at radius 3 is 2.76 bits per heavy atom. The second-order valence-corrected chi connectivity index (χ2v) is 10.7. The minimum absolute atomic E-state index is 0.237. The summed E-state index contributed by atoms with van der Waals surface area (Å²) >= 11 is 1.65. The molecule has 4 N–H and O–H groups in total. The predicted molar refractivity (Wildman–Crippen MR) is 148 cm³/mol. The van der Waals surface area contributed by atoms with Crippen molar-refractivity contribution in [1.82, 2.24) is 20.2 Å². The third-order valence-electron chi connectivity index (χ3n) is 6.38. The molecule has 1 aliphatic rings. The summed E-state index contributed by atoms with van der Waals surface area (Å²) in [5.41, 5.74) is 9.44. The van der Waals surface area contributed by atoms with E-state index in [2.05, 4.69) is 26.5 Å². The van der Waals surface area contributed by atoms with E-state index in [1.165, 1.54) is 0 Å². The number of morpholine rings is 1. The van der Waals surface area contributed by atoms with Crippen LogP contribution in [0, 0.1) is 0 Å². The number of benzene rings is 2.